The minimum absolute atomic E-state index is 0.558. The van der Waals surface area contributed by atoms with Crippen LogP contribution in [0.2, 0.25) is 0 Å². The largest absolute Gasteiger partial charge is 0.478 e. The van der Waals surface area contributed by atoms with Gasteiger partial charge in [-0.3, -0.25) is 0 Å². The van der Waals surface area contributed by atoms with Crippen LogP contribution in [-0.2, 0) is 9.59 Å². The van der Waals surface area contributed by atoms with Gasteiger partial charge in [-0.1, -0.05) is 0 Å². The highest BCUT2D eigenvalue weighted by Crippen LogP contribution is 1.70. The summed E-state index contributed by atoms with van der Waals surface area (Å²) in [6.07, 6.45) is -0.0509. The quantitative estimate of drug-likeness (QED) is 0.319. The zero-order chi connectivity index (χ0) is 10.1. The van der Waals surface area contributed by atoms with E-state index in [-0.39, 0.29) is 0 Å². The van der Waals surface area contributed by atoms with E-state index in [0.717, 1.165) is 0 Å². The molecule has 0 heterocycles. The third-order valence-electron chi connectivity index (χ3n) is 0.368. The maximum Gasteiger partial charge on any atom is 0.328 e. The van der Waals surface area contributed by atoms with Gasteiger partial charge in [-0.2, -0.15) is 0 Å². The molecule has 0 aliphatic heterocycles. The van der Waals surface area contributed by atoms with E-state index in [1.807, 2.05) is 0 Å². The summed E-state index contributed by atoms with van der Waals surface area (Å²) in [5, 5.41) is 30.8. The highest BCUT2D eigenvalue weighted by Gasteiger charge is 1.88. The molecule has 0 aromatic heterocycles. The summed E-state index contributed by atoms with van der Waals surface area (Å²) in [5.74, 6) is -2.51. The van der Waals surface area contributed by atoms with Gasteiger partial charge in [0.2, 0.25) is 0 Å². The summed E-state index contributed by atoms with van der Waals surface area (Å²) in [5.41, 5.74) is 0. The molecule has 4 N–H and O–H groups in total. The lowest BCUT2D eigenvalue weighted by atomic mass is 10.5. The fourth-order valence-electron chi connectivity index (χ4n) is 0.143. The Morgan fingerprint density at radius 3 is 1.33 bits per heavy atom. The van der Waals surface area contributed by atoms with Crippen molar-refractivity contribution in [3.63, 3.8) is 0 Å². The van der Waals surface area contributed by atoms with Crippen molar-refractivity contribution in [3.05, 3.63) is 12.2 Å². The third-order valence-corrected chi connectivity index (χ3v) is 0.368. The van der Waals surface area contributed by atoms with Gasteiger partial charge in [0, 0.05) is 12.2 Å². The average molecular weight is 178 g/mol. The van der Waals surface area contributed by atoms with Gasteiger partial charge in [-0.25, -0.2) is 9.59 Å². The average Bonchev–Trinajstić information content (AvgIpc) is 1.82. The molecule has 70 valence electrons. The zero-order valence-corrected chi connectivity index (χ0v) is 6.34. The molecule has 0 radical (unpaired) electrons. The minimum atomic E-state index is -1.26. The molecule has 12 heavy (non-hydrogen) atoms. The monoisotopic (exact) mass is 178 g/mol. The van der Waals surface area contributed by atoms with Crippen LogP contribution in [0.25, 0.3) is 0 Å². The maximum atomic E-state index is 9.55. The highest BCUT2D eigenvalue weighted by atomic mass is 16.5. The van der Waals surface area contributed by atoms with Crippen LogP contribution >= 0.6 is 0 Å². The first kappa shape index (κ1) is 13.2. The summed E-state index contributed by atoms with van der Waals surface area (Å²) in [6, 6.07) is 0. The van der Waals surface area contributed by atoms with Gasteiger partial charge in [0.05, 0.1) is 0 Å². The molecule has 0 aromatic rings. The normalized spacial score (nSPS) is 9.33. The van der Waals surface area contributed by atoms with E-state index in [1.54, 1.807) is 0 Å². The molecule has 0 saturated carbocycles. The van der Waals surface area contributed by atoms with Crippen LogP contribution in [0.4, 0.5) is 0 Å². The maximum absolute atomic E-state index is 9.55. The molecule has 0 aliphatic carbocycles. The Balaban J connectivity index is 0. The summed E-state index contributed by atoms with van der Waals surface area (Å²) in [6.45, 7) is 1.28. The minimum Gasteiger partial charge on any atom is -0.478 e. The molecular weight excluding hydrogens is 168 g/mol. The van der Waals surface area contributed by atoms with Crippen molar-refractivity contribution >= 4 is 11.9 Å². The number of carboxylic acid groups (broad SMARTS) is 2. The molecule has 0 saturated heterocycles. The fraction of sp³-hybridized carbons (Fsp3) is 0.333. The second kappa shape index (κ2) is 7.70. The van der Waals surface area contributed by atoms with Gasteiger partial charge in [-0.05, 0) is 6.92 Å². The lowest BCUT2D eigenvalue weighted by molar-refractivity contribution is -0.134. The first-order chi connectivity index (χ1) is 5.36. The van der Waals surface area contributed by atoms with E-state index in [4.69, 9.17) is 20.4 Å². The molecule has 0 rings (SSSR count). The lowest BCUT2D eigenvalue weighted by Gasteiger charge is -1.80. The number of aliphatic hydroxyl groups excluding tert-OH is 1. The van der Waals surface area contributed by atoms with E-state index in [9.17, 15) is 9.59 Å². The molecular formula is C6H10O6. The van der Waals surface area contributed by atoms with Gasteiger partial charge in [0.15, 0.2) is 0 Å². The van der Waals surface area contributed by atoms with E-state index in [2.05, 4.69) is 0 Å². The number of hydrogen-bond acceptors (Lipinski definition) is 4. The van der Waals surface area contributed by atoms with Crippen molar-refractivity contribution in [1.82, 2.24) is 0 Å². The SMILES string of the molecule is CC(O)O.O=C(O)/C=C\C(=O)O. The van der Waals surface area contributed by atoms with Crippen molar-refractivity contribution in [2.45, 2.75) is 13.2 Å². The smallest absolute Gasteiger partial charge is 0.328 e. The van der Waals surface area contributed by atoms with Crippen molar-refractivity contribution < 1.29 is 30.0 Å². The van der Waals surface area contributed by atoms with Gasteiger partial charge in [-0.15, -0.1) is 0 Å². The molecule has 0 aromatic carbocycles. The van der Waals surface area contributed by atoms with Crippen molar-refractivity contribution in [3.8, 4) is 0 Å². The Kier molecular flexibility index (Phi) is 8.48. The predicted octanol–water partition coefficient (Wildman–Crippen LogP) is -0.971. The first-order valence-electron chi connectivity index (χ1n) is 2.86. The molecule has 0 fully saturated rings. The van der Waals surface area contributed by atoms with E-state index in [0.29, 0.717) is 12.2 Å². The van der Waals surface area contributed by atoms with Gasteiger partial charge < -0.3 is 20.4 Å². The summed E-state index contributed by atoms with van der Waals surface area (Å²) < 4.78 is 0. The molecule has 0 amide bonds. The topological polar surface area (TPSA) is 115 Å². The van der Waals surface area contributed by atoms with Crippen molar-refractivity contribution in [2.75, 3.05) is 0 Å². The van der Waals surface area contributed by atoms with Crippen molar-refractivity contribution in [2.24, 2.45) is 0 Å². The van der Waals surface area contributed by atoms with E-state index < -0.39 is 18.2 Å². The summed E-state index contributed by atoms with van der Waals surface area (Å²) in [4.78, 5) is 19.1. The second-order valence-electron chi connectivity index (χ2n) is 1.64. The molecule has 0 aliphatic rings. The fourth-order valence-corrected chi connectivity index (χ4v) is 0.143. The number of hydrogen-bond donors (Lipinski definition) is 4. The Morgan fingerprint density at radius 1 is 1.08 bits per heavy atom. The Morgan fingerprint density at radius 2 is 1.25 bits per heavy atom. The Labute approximate surface area is 68.4 Å². The van der Waals surface area contributed by atoms with Crippen LogP contribution in [0.5, 0.6) is 0 Å². The standard InChI is InChI=1S/C4H4O4.C2H6O2/c5-3(6)1-2-4(7)8;1-2(3)4/h1-2H,(H,5,6)(H,7,8);2-4H,1H3/b2-1-;. The first-order valence-corrected chi connectivity index (χ1v) is 2.86. The van der Waals surface area contributed by atoms with Crippen LogP contribution in [0.3, 0.4) is 0 Å². The lowest BCUT2D eigenvalue weighted by Crippen LogP contribution is -1.92. The van der Waals surface area contributed by atoms with Crippen molar-refractivity contribution in [1.29, 1.82) is 0 Å². The Hall–Kier alpha value is -1.40. The van der Waals surface area contributed by atoms with Crippen LogP contribution in [-0.4, -0.2) is 38.7 Å². The van der Waals surface area contributed by atoms with Gasteiger partial charge in [0.1, 0.15) is 6.29 Å². The van der Waals surface area contributed by atoms with Gasteiger partial charge in [0.25, 0.3) is 0 Å². The molecule has 6 heteroatoms. The van der Waals surface area contributed by atoms with E-state index >= 15 is 0 Å². The second-order valence-corrected chi connectivity index (χ2v) is 1.64. The number of aliphatic carboxylic acids is 2. The third kappa shape index (κ3) is 38.3. The highest BCUT2D eigenvalue weighted by molar-refractivity contribution is 5.89. The van der Waals surface area contributed by atoms with Crippen LogP contribution in [0.15, 0.2) is 12.2 Å². The number of aliphatic hydroxyl groups is 2. The number of carbonyl (C=O) groups is 2. The molecule has 0 bridgehead atoms. The zero-order valence-electron chi connectivity index (χ0n) is 6.34. The number of carboxylic acids is 2. The molecule has 6 nitrogen and oxygen atoms in total. The Bertz CT molecular complexity index is 152. The number of rotatable bonds is 2. The molecule has 0 unspecified atom stereocenters. The van der Waals surface area contributed by atoms with Gasteiger partial charge >= 0.3 is 11.9 Å². The van der Waals surface area contributed by atoms with Crippen LogP contribution in [0.1, 0.15) is 6.92 Å². The molecule has 0 atom stereocenters. The van der Waals surface area contributed by atoms with E-state index in [1.165, 1.54) is 6.92 Å². The van der Waals surface area contributed by atoms with Crippen LogP contribution in [0, 0.1) is 0 Å². The predicted molar refractivity (Wildman–Crippen MR) is 38.3 cm³/mol. The summed E-state index contributed by atoms with van der Waals surface area (Å²) >= 11 is 0. The summed E-state index contributed by atoms with van der Waals surface area (Å²) in [7, 11) is 0. The van der Waals surface area contributed by atoms with Crippen LogP contribution < -0.4 is 0 Å². The molecule has 0 spiro atoms.